The number of nitrogens with zero attached hydrogens (tertiary/aromatic N) is 4. The Labute approximate surface area is 164 Å². The van der Waals surface area contributed by atoms with Crippen LogP contribution in [-0.4, -0.2) is 58.4 Å². The lowest BCUT2D eigenvalue weighted by atomic mass is 9.90. The van der Waals surface area contributed by atoms with Crippen LogP contribution in [0.5, 0.6) is 0 Å². The smallest absolute Gasteiger partial charge is 0.222 e. The first-order valence-electron chi connectivity index (χ1n) is 10.9. The molecule has 150 valence electrons. The van der Waals surface area contributed by atoms with E-state index in [4.69, 9.17) is 0 Å². The van der Waals surface area contributed by atoms with Crippen LogP contribution in [0, 0.1) is 5.92 Å². The number of rotatable bonds is 6. The summed E-state index contributed by atoms with van der Waals surface area (Å²) in [5.74, 6) is 3.07. The molecule has 0 aliphatic carbocycles. The predicted molar refractivity (Wildman–Crippen MR) is 109 cm³/mol. The van der Waals surface area contributed by atoms with E-state index in [0.29, 0.717) is 24.2 Å². The number of aromatic nitrogens is 2. The first kappa shape index (κ1) is 20.2. The molecule has 0 spiro atoms. The van der Waals surface area contributed by atoms with Crippen molar-refractivity contribution in [3.8, 4) is 0 Å². The molecule has 0 saturated carbocycles. The highest BCUT2D eigenvalue weighted by atomic mass is 16.2. The summed E-state index contributed by atoms with van der Waals surface area (Å²) in [7, 11) is 0. The first-order chi connectivity index (χ1) is 13.1. The standard InChI is InChI=1S/C22H36N4O/c1-4-21(27)26-13-6-18(7-14-26)5-10-25-11-8-19(9-12-25)20-15-23-22(17(2)3)24-16-20/h15-19H,4-14H2,1-3H3. The van der Waals surface area contributed by atoms with Crippen molar-refractivity contribution in [1.82, 2.24) is 19.8 Å². The lowest BCUT2D eigenvalue weighted by molar-refractivity contribution is -0.132. The van der Waals surface area contributed by atoms with Crippen LogP contribution in [0.4, 0.5) is 0 Å². The van der Waals surface area contributed by atoms with Crippen LogP contribution in [0.1, 0.15) is 82.5 Å². The first-order valence-corrected chi connectivity index (χ1v) is 10.9. The van der Waals surface area contributed by atoms with Crippen molar-refractivity contribution < 1.29 is 4.79 Å². The fourth-order valence-corrected chi connectivity index (χ4v) is 4.41. The van der Waals surface area contributed by atoms with E-state index in [1.54, 1.807) is 0 Å². The SMILES string of the molecule is CCC(=O)N1CCC(CCN2CCC(c3cnc(C(C)C)nc3)CC2)CC1. The number of piperidine rings is 2. The van der Waals surface area contributed by atoms with Crippen LogP contribution < -0.4 is 0 Å². The molecule has 0 radical (unpaired) electrons. The van der Waals surface area contributed by atoms with Gasteiger partial charge in [0.25, 0.3) is 0 Å². The summed E-state index contributed by atoms with van der Waals surface area (Å²) in [5.41, 5.74) is 1.31. The molecule has 2 saturated heterocycles. The Balaban J connectivity index is 1.37. The number of hydrogen-bond donors (Lipinski definition) is 0. The minimum absolute atomic E-state index is 0.320. The van der Waals surface area contributed by atoms with Gasteiger partial charge in [-0.15, -0.1) is 0 Å². The molecular formula is C22H36N4O. The van der Waals surface area contributed by atoms with Crippen molar-refractivity contribution in [2.75, 3.05) is 32.7 Å². The summed E-state index contributed by atoms with van der Waals surface area (Å²) in [6.07, 6.45) is 10.8. The summed E-state index contributed by atoms with van der Waals surface area (Å²) in [6, 6.07) is 0. The number of likely N-dealkylation sites (tertiary alicyclic amines) is 2. The maximum Gasteiger partial charge on any atom is 0.222 e. The molecule has 27 heavy (non-hydrogen) atoms. The van der Waals surface area contributed by atoms with E-state index in [1.807, 2.05) is 19.3 Å². The van der Waals surface area contributed by atoms with E-state index >= 15 is 0 Å². The van der Waals surface area contributed by atoms with Crippen molar-refractivity contribution in [3.05, 3.63) is 23.8 Å². The molecule has 5 nitrogen and oxygen atoms in total. The average Bonchev–Trinajstić information content (AvgIpc) is 2.72. The molecule has 2 fully saturated rings. The molecule has 1 aromatic rings. The second-order valence-corrected chi connectivity index (χ2v) is 8.61. The van der Waals surface area contributed by atoms with E-state index < -0.39 is 0 Å². The Morgan fingerprint density at radius 1 is 1.07 bits per heavy atom. The molecule has 0 aromatic carbocycles. The molecule has 0 N–H and O–H groups in total. The lowest BCUT2D eigenvalue weighted by Crippen LogP contribution is -2.39. The van der Waals surface area contributed by atoms with E-state index in [0.717, 1.165) is 24.8 Å². The van der Waals surface area contributed by atoms with Gasteiger partial charge < -0.3 is 9.80 Å². The van der Waals surface area contributed by atoms with Gasteiger partial charge in [0.2, 0.25) is 5.91 Å². The second kappa shape index (κ2) is 9.63. The molecule has 5 heteroatoms. The van der Waals surface area contributed by atoms with Gasteiger partial charge in [0.05, 0.1) is 0 Å². The Bertz CT molecular complexity index is 585. The van der Waals surface area contributed by atoms with Crippen molar-refractivity contribution in [3.63, 3.8) is 0 Å². The van der Waals surface area contributed by atoms with Gasteiger partial charge >= 0.3 is 0 Å². The summed E-state index contributed by atoms with van der Waals surface area (Å²) in [6.45, 7) is 11.7. The Morgan fingerprint density at radius 3 is 2.26 bits per heavy atom. The highest BCUT2D eigenvalue weighted by Crippen LogP contribution is 2.28. The van der Waals surface area contributed by atoms with Crippen LogP contribution in [-0.2, 0) is 4.79 Å². The van der Waals surface area contributed by atoms with Gasteiger partial charge in [-0.2, -0.15) is 0 Å². The fourth-order valence-electron chi connectivity index (χ4n) is 4.41. The van der Waals surface area contributed by atoms with Crippen molar-refractivity contribution in [2.45, 2.75) is 71.1 Å². The van der Waals surface area contributed by atoms with E-state index in [2.05, 4.69) is 33.6 Å². The molecule has 3 heterocycles. The highest BCUT2D eigenvalue weighted by molar-refractivity contribution is 5.75. The van der Waals surface area contributed by atoms with Crippen LogP contribution >= 0.6 is 0 Å². The minimum atomic E-state index is 0.320. The summed E-state index contributed by atoms with van der Waals surface area (Å²) in [4.78, 5) is 25.5. The summed E-state index contributed by atoms with van der Waals surface area (Å²) < 4.78 is 0. The molecule has 1 amide bonds. The van der Waals surface area contributed by atoms with Crippen LogP contribution in [0.15, 0.2) is 12.4 Å². The number of amides is 1. The molecule has 0 bridgehead atoms. The maximum atomic E-state index is 11.8. The Morgan fingerprint density at radius 2 is 1.70 bits per heavy atom. The zero-order valence-electron chi connectivity index (χ0n) is 17.4. The zero-order chi connectivity index (χ0) is 19.2. The maximum absolute atomic E-state index is 11.8. The van der Waals surface area contributed by atoms with E-state index in [-0.39, 0.29) is 0 Å². The topological polar surface area (TPSA) is 49.3 Å². The fraction of sp³-hybridized carbons (Fsp3) is 0.773. The Hall–Kier alpha value is -1.49. The highest BCUT2D eigenvalue weighted by Gasteiger charge is 2.24. The molecule has 2 aliphatic heterocycles. The van der Waals surface area contributed by atoms with Crippen molar-refractivity contribution >= 4 is 5.91 Å². The number of carbonyl (C=O) groups is 1. The van der Waals surface area contributed by atoms with Gasteiger partial charge in [0.1, 0.15) is 5.82 Å². The van der Waals surface area contributed by atoms with E-state index in [1.165, 1.54) is 57.3 Å². The van der Waals surface area contributed by atoms with Crippen LogP contribution in [0.2, 0.25) is 0 Å². The molecule has 0 unspecified atom stereocenters. The third-order valence-corrected chi connectivity index (χ3v) is 6.39. The monoisotopic (exact) mass is 372 g/mol. The van der Waals surface area contributed by atoms with Gasteiger partial charge in [-0.3, -0.25) is 4.79 Å². The van der Waals surface area contributed by atoms with Gasteiger partial charge in [0.15, 0.2) is 0 Å². The largest absolute Gasteiger partial charge is 0.343 e. The van der Waals surface area contributed by atoms with Gasteiger partial charge in [-0.1, -0.05) is 20.8 Å². The predicted octanol–water partition coefficient (Wildman–Crippen LogP) is 3.82. The third-order valence-electron chi connectivity index (χ3n) is 6.39. The number of carbonyl (C=O) groups excluding carboxylic acids is 1. The Kier molecular flexibility index (Phi) is 7.22. The van der Waals surface area contributed by atoms with Crippen molar-refractivity contribution in [1.29, 1.82) is 0 Å². The lowest BCUT2D eigenvalue weighted by Gasteiger charge is -2.35. The van der Waals surface area contributed by atoms with Gasteiger partial charge in [-0.05, 0) is 69.1 Å². The molecular weight excluding hydrogens is 336 g/mol. The molecule has 3 rings (SSSR count). The average molecular weight is 373 g/mol. The summed E-state index contributed by atoms with van der Waals surface area (Å²) >= 11 is 0. The number of hydrogen-bond acceptors (Lipinski definition) is 4. The molecule has 2 aliphatic rings. The van der Waals surface area contributed by atoms with Crippen LogP contribution in [0.25, 0.3) is 0 Å². The second-order valence-electron chi connectivity index (χ2n) is 8.61. The van der Waals surface area contributed by atoms with Crippen LogP contribution in [0.3, 0.4) is 0 Å². The minimum Gasteiger partial charge on any atom is -0.343 e. The normalized spacial score (nSPS) is 20.4. The third kappa shape index (κ3) is 5.50. The summed E-state index contributed by atoms with van der Waals surface area (Å²) in [5, 5.41) is 0. The molecule has 1 aromatic heterocycles. The molecule has 0 atom stereocenters. The van der Waals surface area contributed by atoms with Gasteiger partial charge in [-0.25, -0.2) is 9.97 Å². The van der Waals surface area contributed by atoms with Gasteiger partial charge in [0, 0.05) is 37.8 Å². The zero-order valence-corrected chi connectivity index (χ0v) is 17.4. The quantitative estimate of drug-likeness (QED) is 0.762. The van der Waals surface area contributed by atoms with E-state index in [9.17, 15) is 4.79 Å². The van der Waals surface area contributed by atoms with Crippen molar-refractivity contribution in [2.24, 2.45) is 5.92 Å².